The molecular formula is C22H22ClN5O2S. The normalized spacial score (nSPS) is 14.2. The number of halogens is 1. The van der Waals surface area contributed by atoms with Crippen LogP contribution >= 0.6 is 23.4 Å². The van der Waals surface area contributed by atoms with Crippen molar-refractivity contribution < 1.29 is 9.59 Å². The molecule has 3 amide bonds. The Kier molecular flexibility index (Phi) is 6.29. The third kappa shape index (κ3) is 5.08. The summed E-state index contributed by atoms with van der Waals surface area (Å²) in [5.41, 5.74) is 2.81. The van der Waals surface area contributed by atoms with E-state index in [0.717, 1.165) is 29.7 Å². The maximum absolute atomic E-state index is 12.5. The van der Waals surface area contributed by atoms with E-state index in [9.17, 15) is 9.59 Å². The lowest BCUT2D eigenvalue weighted by atomic mass is 10.1. The number of thioether (sulfide) groups is 1. The summed E-state index contributed by atoms with van der Waals surface area (Å²) in [5, 5.41) is 14.6. The molecule has 3 aromatic rings. The van der Waals surface area contributed by atoms with Crippen LogP contribution in [0, 0.1) is 6.92 Å². The van der Waals surface area contributed by atoms with Crippen LogP contribution in [0.1, 0.15) is 25.3 Å². The van der Waals surface area contributed by atoms with Gasteiger partial charge in [0.05, 0.1) is 10.9 Å². The first-order valence-corrected chi connectivity index (χ1v) is 11.2. The summed E-state index contributed by atoms with van der Waals surface area (Å²) in [6.45, 7) is 3.75. The lowest BCUT2D eigenvalue weighted by Gasteiger charge is -2.15. The van der Waals surface area contributed by atoms with E-state index in [-0.39, 0.29) is 11.9 Å². The fourth-order valence-corrected chi connectivity index (χ4v) is 4.02. The average Bonchev–Trinajstić information content (AvgIpc) is 3.46. The second kappa shape index (κ2) is 9.11. The molecule has 0 bridgehead atoms. The molecule has 1 saturated carbocycles. The molecule has 0 aliphatic heterocycles. The molecule has 1 aromatic heterocycles. The SMILES string of the molecule is Cc1ccccc1-n1c(SC(C)C(=O)NC(=O)NC2CC2)nnc1-c1ccc(Cl)cc1. The highest BCUT2D eigenvalue weighted by Crippen LogP contribution is 2.31. The zero-order chi connectivity index (χ0) is 22.0. The van der Waals surface area contributed by atoms with E-state index in [2.05, 4.69) is 20.8 Å². The van der Waals surface area contributed by atoms with Crippen LogP contribution in [0.15, 0.2) is 53.7 Å². The van der Waals surface area contributed by atoms with Crippen molar-refractivity contribution in [3.8, 4) is 17.1 Å². The summed E-state index contributed by atoms with van der Waals surface area (Å²) in [7, 11) is 0. The van der Waals surface area contributed by atoms with Gasteiger partial charge in [-0.15, -0.1) is 10.2 Å². The Morgan fingerprint density at radius 2 is 1.84 bits per heavy atom. The summed E-state index contributed by atoms with van der Waals surface area (Å²) in [4.78, 5) is 24.4. The Hall–Kier alpha value is -2.84. The molecule has 1 aliphatic rings. The molecule has 0 radical (unpaired) electrons. The van der Waals surface area contributed by atoms with Crippen LogP contribution in [-0.2, 0) is 4.79 Å². The Morgan fingerprint density at radius 3 is 2.52 bits per heavy atom. The van der Waals surface area contributed by atoms with Gasteiger partial charge in [0.1, 0.15) is 0 Å². The van der Waals surface area contributed by atoms with Gasteiger partial charge in [-0.2, -0.15) is 0 Å². The summed E-state index contributed by atoms with van der Waals surface area (Å²) >= 11 is 7.29. The molecule has 4 rings (SSSR count). The quantitative estimate of drug-likeness (QED) is 0.539. The van der Waals surface area contributed by atoms with Crippen molar-refractivity contribution in [1.82, 2.24) is 25.4 Å². The number of nitrogens with one attached hydrogen (secondary N) is 2. The number of aryl methyl sites for hydroxylation is 1. The molecule has 1 fully saturated rings. The number of nitrogens with zero attached hydrogens (tertiary/aromatic N) is 3. The Labute approximate surface area is 189 Å². The van der Waals surface area contributed by atoms with Gasteiger partial charge in [-0.1, -0.05) is 41.6 Å². The number of urea groups is 1. The van der Waals surface area contributed by atoms with Gasteiger partial charge in [0.15, 0.2) is 11.0 Å². The minimum Gasteiger partial charge on any atom is -0.335 e. The van der Waals surface area contributed by atoms with Crippen molar-refractivity contribution in [2.75, 3.05) is 0 Å². The van der Waals surface area contributed by atoms with Crippen molar-refractivity contribution >= 4 is 35.3 Å². The van der Waals surface area contributed by atoms with Crippen LogP contribution in [0.5, 0.6) is 0 Å². The van der Waals surface area contributed by atoms with Gasteiger partial charge in [-0.3, -0.25) is 14.7 Å². The molecule has 2 aromatic carbocycles. The maximum Gasteiger partial charge on any atom is 0.321 e. The van der Waals surface area contributed by atoms with Crippen LogP contribution in [0.3, 0.4) is 0 Å². The Morgan fingerprint density at radius 1 is 1.13 bits per heavy atom. The number of aromatic nitrogens is 3. The lowest BCUT2D eigenvalue weighted by Crippen LogP contribution is -2.43. The highest BCUT2D eigenvalue weighted by atomic mass is 35.5. The van der Waals surface area contributed by atoms with Crippen molar-refractivity contribution in [3.63, 3.8) is 0 Å². The van der Waals surface area contributed by atoms with Crippen molar-refractivity contribution in [2.24, 2.45) is 0 Å². The molecule has 1 atom stereocenters. The van der Waals surface area contributed by atoms with E-state index in [4.69, 9.17) is 11.6 Å². The van der Waals surface area contributed by atoms with Gasteiger partial charge in [0.25, 0.3) is 0 Å². The summed E-state index contributed by atoms with van der Waals surface area (Å²) in [5.74, 6) is 0.267. The van der Waals surface area contributed by atoms with E-state index in [1.54, 1.807) is 19.1 Å². The summed E-state index contributed by atoms with van der Waals surface area (Å²) < 4.78 is 1.93. The first-order chi connectivity index (χ1) is 14.9. The van der Waals surface area contributed by atoms with Gasteiger partial charge >= 0.3 is 6.03 Å². The lowest BCUT2D eigenvalue weighted by molar-refractivity contribution is -0.119. The van der Waals surface area contributed by atoms with E-state index < -0.39 is 11.3 Å². The predicted octanol–water partition coefficient (Wildman–Crippen LogP) is 4.36. The number of amides is 3. The standard InChI is InChI=1S/C22H22ClN5O2S/c1-13-5-3-4-6-18(13)28-19(15-7-9-16(23)10-8-15)26-27-22(28)31-14(2)20(29)25-21(30)24-17-11-12-17/h3-10,14,17H,11-12H2,1-2H3,(H2,24,25,29,30). The number of benzene rings is 2. The molecule has 2 N–H and O–H groups in total. The highest BCUT2D eigenvalue weighted by molar-refractivity contribution is 8.00. The second-order valence-corrected chi connectivity index (χ2v) is 9.18. The van der Waals surface area contributed by atoms with E-state index in [1.165, 1.54) is 11.8 Å². The molecule has 0 saturated heterocycles. The first-order valence-electron chi connectivity index (χ1n) is 9.98. The molecule has 31 heavy (non-hydrogen) atoms. The van der Waals surface area contributed by atoms with Gasteiger partial charge < -0.3 is 5.32 Å². The Bertz CT molecular complexity index is 1110. The zero-order valence-electron chi connectivity index (χ0n) is 17.1. The molecule has 160 valence electrons. The monoisotopic (exact) mass is 455 g/mol. The fourth-order valence-electron chi connectivity index (χ4n) is 3.04. The molecule has 9 heteroatoms. The molecule has 1 heterocycles. The van der Waals surface area contributed by atoms with Gasteiger partial charge in [-0.25, -0.2) is 4.79 Å². The van der Waals surface area contributed by atoms with Gasteiger partial charge in [-0.05, 0) is 62.6 Å². The third-order valence-electron chi connectivity index (χ3n) is 4.89. The number of imide groups is 1. The molecular weight excluding hydrogens is 434 g/mol. The van der Waals surface area contributed by atoms with E-state index in [1.807, 2.05) is 47.9 Å². The van der Waals surface area contributed by atoms with Crippen molar-refractivity contribution in [3.05, 3.63) is 59.1 Å². The van der Waals surface area contributed by atoms with E-state index >= 15 is 0 Å². The smallest absolute Gasteiger partial charge is 0.321 e. The molecule has 1 aliphatic carbocycles. The van der Waals surface area contributed by atoms with E-state index in [0.29, 0.717) is 16.0 Å². The number of para-hydroxylation sites is 1. The number of carbonyl (C=O) groups is 2. The van der Waals surface area contributed by atoms with Gasteiger partial charge in [0, 0.05) is 16.6 Å². The third-order valence-corrected chi connectivity index (χ3v) is 6.19. The minimum absolute atomic E-state index is 0.182. The number of rotatable bonds is 6. The number of carbonyl (C=O) groups excluding carboxylic acids is 2. The van der Waals surface area contributed by atoms with Crippen LogP contribution in [0.4, 0.5) is 4.79 Å². The zero-order valence-corrected chi connectivity index (χ0v) is 18.7. The largest absolute Gasteiger partial charge is 0.335 e. The van der Waals surface area contributed by atoms with Gasteiger partial charge in [0.2, 0.25) is 5.91 Å². The highest BCUT2D eigenvalue weighted by Gasteiger charge is 2.26. The molecule has 7 nitrogen and oxygen atoms in total. The molecule has 0 spiro atoms. The van der Waals surface area contributed by atoms with Crippen LogP contribution in [0.25, 0.3) is 17.1 Å². The van der Waals surface area contributed by atoms with Crippen LogP contribution in [-0.4, -0.2) is 38.0 Å². The number of hydrogen-bond acceptors (Lipinski definition) is 5. The Balaban J connectivity index is 1.62. The van der Waals surface area contributed by atoms with Crippen molar-refractivity contribution in [1.29, 1.82) is 0 Å². The van der Waals surface area contributed by atoms with Crippen molar-refractivity contribution in [2.45, 2.75) is 43.1 Å². The minimum atomic E-state index is -0.546. The predicted molar refractivity (Wildman–Crippen MR) is 122 cm³/mol. The van der Waals surface area contributed by atoms with Crippen LogP contribution in [0.2, 0.25) is 5.02 Å². The number of hydrogen-bond donors (Lipinski definition) is 2. The molecule has 1 unspecified atom stereocenters. The summed E-state index contributed by atoms with van der Waals surface area (Å²) in [6, 6.07) is 15.0. The maximum atomic E-state index is 12.5. The second-order valence-electron chi connectivity index (χ2n) is 7.43. The fraction of sp³-hybridized carbons (Fsp3) is 0.273. The van der Waals surface area contributed by atoms with Crippen LogP contribution < -0.4 is 10.6 Å². The first kappa shape index (κ1) is 21.4. The summed E-state index contributed by atoms with van der Waals surface area (Å²) in [6.07, 6.45) is 1.91. The average molecular weight is 456 g/mol. The topological polar surface area (TPSA) is 88.9 Å².